The topological polar surface area (TPSA) is 47.0 Å². The second kappa shape index (κ2) is 4.94. The molecule has 1 aliphatic heterocycles. The van der Waals surface area contributed by atoms with Crippen LogP contribution in [0.3, 0.4) is 0 Å². The molecule has 3 rings (SSSR count). The molecular weight excluding hydrogens is 262 g/mol. The van der Waals surface area contributed by atoms with Crippen LogP contribution in [0.25, 0.3) is 0 Å². The van der Waals surface area contributed by atoms with Crippen LogP contribution in [-0.2, 0) is 17.6 Å². The lowest BCUT2D eigenvalue weighted by atomic mass is 9.92. The molecule has 0 amide bonds. The van der Waals surface area contributed by atoms with Gasteiger partial charge in [-0.15, -0.1) is 0 Å². The number of fused-ring (bicyclic) bond motifs is 1. The summed E-state index contributed by atoms with van der Waals surface area (Å²) in [5, 5.41) is 3.68. The predicted octanol–water partition coefficient (Wildman–Crippen LogP) is 3.42. The van der Waals surface area contributed by atoms with Gasteiger partial charge in [0.25, 0.3) is 0 Å². The molecule has 1 aromatic rings. The van der Waals surface area contributed by atoms with Gasteiger partial charge in [-0.05, 0) is 66.7 Å². The highest BCUT2D eigenvalue weighted by atomic mass is 16.5. The Bertz CT molecular complexity index is 551. The SMILES string of the molecule is Cc1nc2c(c(NC3CC(C)(C)OC3(C)C)n1)CCCC2. The number of rotatable bonds is 2. The lowest BCUT2D eigenvalue weighted by Crippen LogP contribution is -2.39. The molecule has 0 radical (unpaired) electrons. The van der Waals surface area contributed by atoms with Crippen LogP contribution in [0.2, 0.25) is 0 Å². The Morgan fingerprint density at radius 3 is 2.48 bits per heavy atom. The van der Waals surface area contributed by atoms with Crippen LogP contribution in [0.15, 0.2) is 0 Å². The normalized spacial score (nSPS) is 26.4. The van der Waals surface area contributed by atoms with E-state index in [-0.39, 0.29) is 17.2 Å². The summed E-state index contributed by atoms with van der Waals surface area (Å²) in [6, 6.07) is 0.285. The molecule has 1 aliphatic carbocycles. The first kappa shape index (κ1) is 14.8. The van der Waals surface area contributed by atoms with Crippen LogP contribution in [0.4, 0.5) is 5.82 Å². The lowest BCUT2D eigenvalue weighted by molar-refractivity contribution is -0.0662. The molecule has 0 saturated carbocycles. The third-order valence-corrected chi connectivity index (χ3v) is 4.68. The average molecular weight is 289 g/mol. The largest absolute Gasteiger partial charge is 0.367 e. The zero-order chi connectivity index (χ0) is 15.3. The van der Waals surface area contributed by atoms with E-state index in [1.165, 1.54) is 24.1 Å². The van der Waals surface area contributed by atoms with Gasteiger partial charge in [0.05, 0.1) is 17.2 Å². The second-order valence-corrected chi connectivity index (χ2v) is 7.62. The Hall–Kier alpha value is -1.16. The van der Waals surface area contributed by atoms with Crippen LogP contribution in [-0.4, -0.2) is 27.2 Å². The maximum Gasteiger partial charge on any atom is 0.133 e. The molecule has 2 heterocycles. The van der Waals surface area contributed by atoms with Crippen molar-refractivity contribution >= 4 is 5.82 Å². The van der Waals surface area contributed by atoms with Gasteiger partial charge in [-0.25, -0.2) is 9.97 Å². The molecule has 0 aromatic carbocycles. The summed E-state index contributed by atoms with van der Waals surface area (Å²) in [5.74, 6) is 1.91. The Morgan fingerprint density at radius 2 is 1.81 bits per heavy atom. The predicted molar refractivity (Wildman–Crippen MR) is 84.7 cm³/mol. The monoisotopic (exact) mass is 289 g/mol. The van der Waals surface area contributed by atoms with Crippen molar-refractivity contribution in [2.75, 3.05) is 5.32 Å². The Balaban J connectivity index is 1.90. The first-order valence-corrected chi connectivity index (χ1v) is 8.10. The summed E-state index contributed by atoms with van der Waals surface area (Å²) in [4.78, 5) is 9.32. The molecule has 21 heavy (non-hydrogen) atoms. The minimum Gasteiger partial charge on any atom is -0.367 e. The fraction of sp³-hybridized carbons (Fsp3) is 0.765. The molecule has 1 aromatic heterocycles. The number of anilines is 1. The van der Waals surface area contributed by atoms with Gasteiger partial charge >= 0.3 is 0 Å². The number of hydrogen-bond donors (Lipinski definition) is 1. The van der Waals surface area contributed by atoms with Crippen LogP contribution in [0.1, 0.15) is 64.0 Å². The number of aryl methyl sites for hydroxylation is 2. The smallest absolute Gasteiger partial charge is 0.133 e. The molecule has 1 fully saturated rings. The Morgan fingerprint density at radius 1 is 1.10 bits per heavy atom. The van der Waals surface area contributed by atoms with E-state index in [0.717, 1.165) is 30.9 Å². The van der Waals surface area contributed by atoms with Gasteiger partial charge in [0, 0.05) is 11.3 Å². The zero-order valence-electron chi connectivity index (χ0n) is 13.9. The molecule has 1 unspecified atom stereocenters. The molecule has 2 aliphatic rings. The first-order chi connectivity index (χ1) is 9.77. The Kier molecular flexibility index (Phi) is 3.47. The number of nitrogens with one attached hydrogen (secondary N) is 1. The van der Waals surface area contributed by atoms with E-state index >= 15 is 0 Å². The number of nitrogens with zero attached hydrogens (tertiary/aromatic N) is 2. The highest BCUT2D eigenvalue weighted by Crippen LogP contribution is 2.39. The fourth-order valence-electron chi connectivity index (χ4n) is 3.79. The summed E-state index contributed by atoms with van der Waals surface area (Å²) in [6.07, 6.45) is 5.66. The van der Waals surface area contributed by atoms with Crippen LogP contribution in [0, 0.1) is 6.92 Å². The van der Waals surface area contributed by atoms with E-state index < -0.39 is 0 Å². The van der Waals surface area contributed by atoms with Gasteiger partial charge in [0.15, 0.2) is 0 Å². The molecule has 4 heteroatoms. The zero-order valence-corrected chi connectivity index (χ0v) is 13.9. The maximum atomic E-state index is 6.19. The Labute approximate surface area is 127 Å². The van der Waals surface area contributed by atoms with Gasteiger partial charge < -0.3 is 10.1 Å². The number of hydrogen-bond acceptors (Lipinski definition) is 4. The summed E-state index contributed by atoms with van der Waals surface area (Å²) < 4.78 is 6.19. The van der Waals surface area contributed by atoms with Gasteiger partial charge in [-0.3, -0.25) is 0 Å². The molecule has 1 N–H and O–H groups in total. The quantitative estimate of drug-likeness (QED) is 0.906. The van der Waals surface area contributed by atoms with E-state index in [1.807, 2.05) is 6.92 Å². The van der Waals surface area contributed by atoms with E-state index in [1.54, 1.807) is 0 Å². The molecule has 116 valence electrons. The van der Waals surface area contributed by atoms with E-state index in [9.17, 15) is 0 Å². The third kappa shape index (κ3) is 2.91. The van der Waals surface area contributed by atoms with Gasteiger partial charge in [-0.1, -0.05) is 0 Å². The molecule has 1 atom stereocenters. The first-order valence-electron chi connectivity index (χ1n) is 8.10. The van der Waals surface area contributed by atoms with Gasteiger partial charge in [0.1, 0.15) is 11.6 Å². The average Bonchev–Trinajstić information content (AvgIpc) is 2.56. The molecular formula is C17H27N3O. The van der Waals surface area contributed by atoms with Crippen LogP contribution < -0.4 is 5.32 Å². The summed E-state index contributed by atoms with van der Waals surface area (Å²) >= 11 is 0. The van der Waals surface area contributed by atoms with Gasteiger partial charge in [0.2, 0.25) is 0 Å². The molecule has 0 spiro atoms. The van der Waals surface area contributed by atoms with Crippen molar-refractivity contribution in [2.45, 2.75) is 84.0 Å². The van der Waals surface area contributed by atoms with Crippen molar-refractivity contribution in [2.24, 2.45) is 0 Å². The number of ether oxygens (including phenoxy) is 1. The van der Waals surface area contributed by atoms with E-state index in [0.29, 0.717) is 0 Å². The lowest BCUT2D eigenvalue weighted by Gasteiger charge is -2.29. The molecule has 0 bridgehead atoms. The summed E-state index contributed by atoms with van der Waals surface area (Å²) in [5.41, 5.74) is 2.31. The van der Waals surface area contributed by atoms with E-state index in [2.05, 4.69) is 43.0 Å². The van der Waals surface area contributed by atoms with Crippen molar-refractivity contribution in [1.82, 2.24) is 9.97 Å². The van der Waals surface area contributed by atoms with Crippen molar-refractivity contribution in [3.05, 3.63) is 17.1 Å². The highest BCUT2D eigenvalue weighted by molar-refractivity contribution is 5.49. The second-order valence-electron chi connectivity index (χ2n) is 7.62. The van der Waals surface area contributed by atoms with Crippen LogP contribution >= 0.6 is 0 Å². The third-order valence-electron chi connectivity index (χ3n) is 4.68. The van der Waals surface area contributed by atoms with Gasteiger partial charge in [-0.2, -0.15) is 0 Å². The minimum absolute atomic E-state index is 0.0801. The van der Waals surface area contributed by atoms with Crippen molar-refractivity contribution in [1.29, 1.82) is 0 Å². The van der Waals surface area contributed by atoms with Crippen molar-refractivity contribution in [3.8, 4) is 0 Å². The van der Waals surface area contributed by atoms with Crippen molar-refractivity contribution < 1.29 is 4.74 Å². The summed E-state index contributed by atoms with van der Waals surface area (Å²) in [7, 11) is 0. The maximum absolute atomic E-state index is 6.19. The fourth-order valence-corrected chi connectivity index (χ4v) is 3.79. The number of aromatic nitrogens is 2. The minimum atomic E-state index is -0.177. The highest BCUT2D eigenvalue weighted by Gasteiger charge is 2.46. The van der Waals surface area contributed by atoms with E-state index in [4.69, 9.17) is 4.74 Å². The molecule has 1 saturated heterocycles. The van der Waals surface area contributed by atoms with Crippen molar-refractivity contribution in [3.63, 3.8) is 0 Å². The standard InChI is InChI=1S/C17H27N3O/c1-11-18-13-9-7-6-8-12(13)15(19-11)20-14-10-16(2,3)21-17(14,4)5/h14H,6-10H2,1-5H3,(H,18,19,20). The van der Waals surface area contributed by atoms with Crippen LogP contribution in [0.5, 0.6) is 0 Å². The summed E-state index contributed by atoms with van der Waals surface area (Å²) in [6.45, 7) is 10.6. The molecule has 4 nitrogen and oxygen atoms in total.